The molecule has 6 heteroatoms. The predicted molar refractivity (Wildman–Crippen MR) is 69.4 cm³/mol. The molecule has 1 heterocycles. The first kappa shape index (κ1) is 11.9. The summed E-state index contributed by atoms with van der Waals surface area (Å²) in [5, 5.41) is 21.6. The number of nitriles is 2. The van der Waals surface area contributed by atoms with Gasteiger partial charge in [0.1, 0.15) is 0 Å². The average Bonchev–Trinajstić information content (AvgIpc) is 2.67. The number of hydrogen-bond donors (Lipinski definition) is 1. The number of hydrogen-bond acceptors (Lipinski definition) is 4. The van der Waals surface area contributed by atoms with E-state index in [1.165, 1.54) is 0 Å². The number of allylic oxidation sites excluding steroid dienone is 4. The first-order chi connectivity index (χ1) is 9.54. The van der Waals surface area contributed by atoms with E-state index in [0.717, 1.165) is 4.48 Å². The Morgan fingerprint density at radius 1 is 1.10 bits per heavy atom. The summed E-state index contributed by atoms with van der Waals surface area (Å²) in [6.45, 7) is 0. The molecule has 1 N–H and O–H groups in total. The highest BCUT2D eigenvalue weighted by Crippen LogP contribution is 2.70. The van der Waals surface area contributed by atoms with Crippen molar-refractivity contribution in [2.24, 2.45) is 34.5 Å². The van der Waals surface area contributed by atoms with Crippen LogP contribution in [0.3, 0.4) is 0 Å². The molecule has 5 nitrogen and oxygen atoms in total. The SMILES string of the molecule is N#C[C@]12C(=O)NC(=O)[C@]1(C#N)[C@H]1C=C[C@H]2[C@@H]2C=C(Br)[C@H]21. The van der Waals surface area contributed by atoms with Crippen molar-refractivity contribution in [3.8, 4) is 12.1 Å². The second-order valence-electron chi connectivity index (χ2n) is 5.71. The van der Waals surface area contributed by atoms with Crippen molar-refractivity contribution in [3.05, 3.63) is 22.7 Å². The zero-order chi connectivity index (χ0) is 14.3. The number of imide groups is 1. The second-order valence-corrected chi connectivity index (χ2v) is 6.63. The van der Waals surface area contributed by atoms with E-state index in [2.05, 4.69) is 21.2 Å². The standard InChI is InChI=1S/C14H8BrN3O2/c15-9-3-6-7-1-2-8(10(6)9)14(5-17)12(20)18-11(19)13(7,14)4-16/h1-3,6-8,10H,(H,18,19,20)/t6-,7-,8-,10+,13-,14-/m0/s1. The summed E-state index contributed by atoms with van der Waals surface area (Å²) in [7, 11) is 0. The topological polar surface area (TPSA) is 93.8 Å². The van der Waals surface area contributed by atoms with E-state index >= 15 is 0 Å². The van der Waals surface area contributed by atoms with Gasteiger partial charge in [-0.15, -0.1) is 0 Å². The van der Waals surface area contributed by atoms with Crippen LogP contribution in [0.2, 0.25) is 0 Å². The molecule has 6 atom stereocenters. The molecule has 0 aromatic rings. The lowest BCUT2D eigenvalue weighted by molar-refractivity contribution is -0.142. The lowest BCUT2D eigenvalue weighted by Gasteiger charge is -2.59. The van der Waals surface area contributed by atoms with Gasteiger partial charge in [-0.2, -0.15) is 10.5 Å². The van der Waals surface area contributed by atoms with Gasteiger partial charge >= 0.3 is 0 Å². The molecule has 0 unspecified atom stereocenters. The molecule has 98 valence electrons. The molecule has 0 radical (unpaired) electrons. The monoisotopic (exact) mass is 329 g/mol. The first-order valence-corrected chi connectivity index (χ1v) is 7.08. The molecular formula is C14H8BrN3O2. The molecule has 5 rings (SSSR count). The highest BCUT2D eigenvalue weighted by molar-refractivity contribution is 9.11. The third kappa shape index (κ3) is 0.837. The van der Waals surface area contributed by atoms with Gasteiger partial charge in [-0.1, -0.05) is 34.2 Å². The van der Waals surface area contributed by atoms with E-state index in [1.807, 2.05) is 30.4 Å². The van der Waals surface area contributed by atoms with Crippen LogP contribution in [0.4, 0.5) is 0 Å². The van der Waals surface area contributed by atoms with Crippen LogP contribution in [0.1, 0.15) is 0 Å². The second kappa shape index (κ2) is 3.21. The summed E-state index contributed by atoms with van der Waals surface area (Å²) >= 11 is 3.45. The van der Waals surface area contributed by atoms with Crippen molar-refractivity contribution >= 4 is 27.7 Å². The minimum atomic E-state index is -1.60. The largest absolute Gasteiger partial charge is 0.293 e. The van der Waals surface area contributed by atoms with Gasteiger partial charge in [-0.25, -0.2) is 0 Å². The number of nitrogens with zero attached hydrogens (tertiary/aromatic N) is 2. The maximum absolute atomic E-state index is 12.3. The number of carbonyl (C=O) groups is 2. The normalized spacial score (nSPS) is 50.2. The molecule has 2 bridgehead atoms. The van der Waals surface area contributed by atoms with Gasteiger partial charge in [0.15, 0.2) is 10.8 Å². The molecule has 4 aliphatic carbocycles. The predicted octanol–water partition coefficient (Wildman–Crippen LogP) is 1.00. The molecule has 1 saturated heterocycles. The molecular weight excluding hydrogens is 322 g/mol. The minimum absolute atomic E-state index is 0.0165. The minimum Gasteiger partial charge on any atom is -0.293 e. The van der Waals surface area contributed by atoms with Gasteiger partial charge in [-0.05, 0) is 10.4 Å². The van der Waals surface area contributed by atoms with E-state index in [9.17, 15) is 20.1 Å². The molecule has 2 amide bonds. The first-order valence-electron chi connectivity index (χ1n) is 6.28. The van der Waals surface area contributed by atoms with Gasteiger partial charge < -0.3 is 0 Å². The van der Waals surface area contributed by atoms with Crippen LogP contribution in [0, 0.1) is 57.2 Å². The molecule has 5 aliphatic rings. The van der Waals surface area contributed by atoms with Crippen LogP contribution < -0.4 is 5.32 Å². The Hall–Kier alpha value is -1.92. The van der Waals surface area contributed by atoms with E-state index < -0.39 is 34.5 Å². The molecule has 20 heavy (non-hydrogen) atoms. The third-order valence-electron chi connectivity index (χ3n) is 5.33. The number of rotatable bonds is 0. The van der Waals surface area contributed by atoms with Gasteiger partial charge in [0.05, 0.1) is 12.1 Å². The van der Waals surface area contributed by atoms with Gasteiger partial charge in [-0.3, -0.25) is 14.9 Å². The van der Waals surface area contributed by atoms with E-state index in [0.29, 0.717) is 0 Å². The van der Waals surface area contributed by atoms with Crippen LogP contribution in [0.25, 0.3) is 0 Å². The number of carbonyl (C=O) groups excluding carboxylic acids is 2. The van der Waals surface area contributed by atoms with E-state index in [-0.39, 0.29) is 11.8 Å². The Balaban J connectivity index is 2.08. The Morgan fingerprint density at radius 2 is 1.65 bits per heavy atom. The molecule has 2 fully saturated rings. The molecule has 0 spiro atoms. The summed E-state index contributed by atoms with van der Waals surface area (Å²) in [5.74, 6) is -2.06. The zero-order valence-electron chi connectivity index (χ0n) is 10.1. The summed E-state index contributed by atoms with van der Waals surface area (Å²) in [4.78, 5) is 24.6. The quantitative estimate of drug-likeness (QED) is 0.530. The van der Waals surface area contributed by atoms with Crippen molar-refractivity contribution in [2.75, 3.05) is 0 Å². The third-order valence-corrected chi connectivity index (χ3v) is 6.12. The van der Waals surface area contributed by atoms with Crippen LogP contribution in [0.15, 0.2) is 22.7 Å². The summed E-state index contributed by atoms with van der Waals surface area (Å²) in [6.07, 6.45) is 5.64. The number of amides is 2. The van der Waals surface area contributed by atoms with E-state index in [4.69, 9.17) is 0 Å². The summed E-state index contributed by atoms with van der Waals surface area (Å²) in [6, 6.07) is 4.06. The molecule has 0 aromatic carbocycles. The maximum Gasteiger partial charge on any atom is 0.249 e. The lowest BCUT2D eigenvalue weighted by atomic mass is 9.39. The van der Waals surface area contributed by atoms with Gasteiger partial charge in [0.25, 0.3) is 0 Å². The average molecular weight is 330 g/mol. The highest BCUT2D eigenvalue weighted by atomic mass is 79.9. The van der Waals surface area contributed by atoms with Gasteiger partial charge in [0.2, 0.25) is 11.8 Å². The van der Waals surface area contributed by atoms with E-state index in [1.54, 1.807) is 0 Å². The van der Waals surface area contributed by atoms with Crippen LogP contribution in [0.5, 0.6) is 0 Å². The zero-order valence-corrected chi connectivity index (χ0v) is 11.7. The smallest absolute Gasteiger partial charge is 0.249 e. The Bertz CT molecular complexity index is 728. The van der Waals surface area contributed by atoms with Crippen molar-refractivity contribution in [1.29, 1.82) is 10.5 Å². The number of nitrogens with one attached hydrogen (secondary N) is 1. The fraction of sp³-hybridized carbons (Fsp3) is 0.429. The van der Waals surface area contributed by atoms with Crippen LogP contribution >= 0.6 is 15.9 Å². The summed E-state index contributed by atoms with van der Waals surface area (Å²) < 4.78 is 0.954. The maximum atomic E-state index is 12.3. The van der Waals surface area contributed by atoms with Crippen molar-refractivity contribution in [3.63, 3.8) is 0 Å². The Kier molecular flexibility index (Phi) is 1.91. The Morgan fingerprint density at radius 3 is 2.20 bits per heavy atom. The molecule has 1 saturated carbocycles. The fourth-order valence-electron chi connectivity index (χ4n) is 4.45. The number of halogens is 1. The van der Waals surface area contributed by atoms with Crippen LogP contribution in [-0.4, -0.2) is 11.8 Å². The van der Waals surface area contributed by atoms with Crippen molar-refractivity contribution in [2.45, 2.75) is 0 Å². The highest BCUT2D eigenvalue weighted by Gasteiger charge is 2.80. The van der Waals surface area contributed by atoms with Crippen molar-refractivity contribution in [1.82, 2.24) is 5.32 Å². The Labute approximate surface area is 123 Å². The summed E-state index contributed by atoms with van der Waals surface area (Å²) in [5.41, 5.74) is -3.20. The lowest BCUT2D eigenvalue weighted by Crippen LogP contribution is -2.64. The fourth-order valence-corrected chi connectivity index (χ4v) is 5.35. The van der Waals surface area contributed by atoms with Crippen molar-refractivity contribution < 1.29 is 9.59 Å². The van der Waals surface area contributed by atoms with Gasteiger partial charge in [0, 0.05) is 17.8 Å². The van der Waals surface area contributed by atoms with Crippen LogP contribution in [-0.2, 0) is 9.59 Å². The molecule has 1 aliphatic heterocycles. The molecule has 0 aromatic heterocycles.